The topological polar surface area (TPSA) is 49.9 Å². The molecule has 0 amide bonds. The van der Waals surface area contributed by atoms with Crippen molar-refractivity contribution in [2.24, 2.45) is 11.7 Å². The van der Waals surface area contributed by atoms with Crippen molar-refractivity contribution in [3.63, 3.8) is 0 Å². The van der Waals surface area contributed by atoms with Gasteiger partial charge in [0.25, 0.3) is 0 Å². The molecule has 0 radical (unpaired) electrons. The summed E-state index contributed by atoms with van der Waals surface area (Å²) in [5, 5.41) is 6.97. The van der Waals surface area contributed by atoms with Gasteiger partial charge in [-0.05, 0) is 12.5 Å². The van der Waals surface area contributed by atoms with Crippen molar-refractivity contribution in [2.75, 3.05) is 5.75 Å². The molecule has 0 aromatic heterocycles. The van der Waals surface area contributed by atoms with E-state index in [1.165, 1.54) is 0 Å². The summed E-state index contributed by atoms with van der Waals surface area (Å²) in [5.74, 6) is -2.40. The van der Waals surface area contributed by atoms with Gasteiger partial charge in [-0.2, -0.15) is 24.9 Å². The molecule has 0 fully saturated rings. The molecule has 1 aromatic carbocycles. The fraction of sp³-hybridized carbons (Fsp3) is 0.417. The molecule has 1 aromatic rings. The van der Waals surface area contributed by atoms with Gasteiger partial charge in [0.15, 0.2) is 0 Å². The molecular formula is C12H15F3N2S. The molecule has 3 N–H and O–H groups in total. The summed E-state index contributed by atoms with van der Waals surface area (Å²) in [7, 11) is 0. The zero-order chi connectivity index (χ0) is 13.8. The second kappa shape index (κ2) is 6.13. The Hall–Kier alpha value is -1.17. The molecule has 1 unspecified atom stereocenters. The Kier molecular flexibility index (Phi) is 5.07. The van der Waals surface area contributed by atoms with Crippen molar-refractivity contribution in [2.45, 2.75) is 18.9 Å². The Bertz CT molecular complexity index is 418. The van der Waals surface area contributed by atoms with Gasteiger partial charge in [-0.1, -0.05) is 29.8 Å². The van der Waals surface area contributed by atoms with Gasteiger partial charge >= 0.3 is 6.18 Å². The highest BCUT2D eigenvalue weighted by Gasteiger charge is 2.41. The van der Waals surface area contributed by atoms with Crippen LogP contribution < -0.4 is 5.73 Å². The molecular weight excluding hydrogens is 261 g/mol. The number of alkyl halides is 3. The maximum atomic E-state index is 12.5. The van der Waals surface area contributed by atoms with Crippen molar-refractivity contribution in [1.82, 2.24) is 0 Å². The van der Waals surface area contributed by atoms with Crippen LogP contribution in [0, 0.1) is 18.3 Å². The zero-order valence-electron chi connectivity index (χ0n) is 9.92. The molecule has 0 saturated carbocycles. The van der Waals surface area contributed by atoms with Crippen LogP contribution in [0.25, 0.3) is 0 Å². The van der Waals surface area contributed by atoms with Crippen LogP contribution in [0.5, 0.6) is 0 Å². The minimum Gasteiger partial charge on any atom is -0.387 e. The molecule has 0 aliphatic rings. The van der Waals surface area contributed by atoms with E-state index in [1.807, 2.05) is 31.2 Å². The van der Waals surface area contributed by atoms with Crippen LogP contribution in [0.2, 0.25) is 0 Å². The monoisotopic (exact) mass is 276 g/mol. The highest BCUT2D eigenvalue weighted by molar-refractivity contribution is 7.98. The van der Waals surface area contributed by atoms with Crippen molar-refractivity contribution in [3.05, 3.63) is 35.4 Å². The third kappa shape index (κ3) is 4.60. The van der Waals surface area contributed by atoms with Gasteiger partial charge < -0.3 is 5.73 Å². The standard InChI is InChI=1S/C12H15F3N2S/c1-8-3-2-4-9(5-8)6-18-7-10(11(16)17)12(13,14)15/h2-5,10H,6-7H2,1H3,(H3,16,17). The Morgan fingerprint density at radius 1 is 1.44 bits per heavy atom. The number of amidine groups is 1. The normalized spacial score (nSPS) is 13.3. The molecule has 1 atom stereocenters. The summed E-state index contributed by atoms with van der Waals surface area (Å²) in [4.78, 5) is 0. The fourth-order valence-corrected chi connectivity index (χ4v) is 2.59. The first-order valence-corrected chi connectivity index (χ1v) is 6.50. The highest BCUT2D eigenvalue weighted by Crippen LogP contribution is 2.30. The summed E-state index contributed by atoms with van der Waals surface area (Å²) in [6.45, 7) is 1.93. The SMILES string of the molecule is Cc1cccc(CSCC(C(=N)N)C(F)(F)F)c1. The first kappa shape index (κ1) is 14.9. The maximum absolute atomic E-state index is 12.5. The van der Waals surface area contributed by atoms with E-state index in [-0.39, 0.29) is 5.75 Å². The molecule has 0 saturated heterocycles. The van der Waals surface area contributed by atoms with Gasteiger partial charge in [0.2, 0.25) is 0 Å². The summed E-state index contributed by atoms with van der Waals surface area (Å²) >= 11 is 1.14. The molecule has 0 aliphatic carbocycles. The molecule has 6 heteroatoms. The van der Waals surface area contributed by atoms with Gasteiger partial charge in [-0.3, -0.25) is 5.41 Å². The third-order valence-electron chi connectivity index (χ3n) is 2.41. The van der Waals surface area contributed by atoms with Crippen LogP contribution in [0.3, 0.4) is 0 Å². The zero-order valence-corrected chi connectivity index (χ0v) is 10.7. The van der Waals surface area contributed by atoms with E-state index >= 15 is 0 Å². The van der Waals surface area contributed by atoms with E-state index < -0.39 is 17.9 Å². The minimum absolute atomic E-state index is 0.216. The van der Waals surface area contributed by atoms with Crippen LogP contribution in [-0.2, 0) is 5.75 Å². The second-order valence-electron chi connectivity index (χ2n) is 4.05. The molecule has 0 heterocycles. The van der Waals surface area contributed by atoms with Crippen LogP contribution >= 0.6 is 11.8 Å². The Labute approximate surface area is 108 Å². The number of thioether (sulfide) groups is 1. The van der Waals surface area contributed by atoms with E-state index in [2.05, 4.69) is 0 Å². The number of hydrogen-bond acceptors (Lipinski definition) is 2. The van der Waals surface area contributed by atoms with Gasteiger partial charge in [0.1, 0.15) is 11.8 Å². The van der Waals surface area contributed by atoms with Crippen molar-refractivity contribution < 1.29 is 13.2 Å². The van der Waals surface area contributed by atoms with Crippen molar-refractivity contribution in [1.29, 1.82) is 5.41 Å². The number of nitrogens with two attached hydrogens (primary N) is 1. The van der Waals surface area contributed by atoms with Crippen LogP contribution in [0.1, 0.15) is 11.1 Å². The molecule has 18 heavy (non-hydrogen) atoms. The Morgan fingerprint density at radius 2 is 2.11 bits per heavy atom. The van der Waals surface area contributed by atoms with E-state index in [0.29, 0.717) is 5.75 Å². The summed E-state index contributed by atoms with van der Waals surface area (Å²) < 4.78 is 37.6. The lowest BCUT2D eigenvalue weighted by Crippen LogP contribution is -2.37. The molecule has 0 spiro atoms. The first-order valence-electron chi connectivity index (χ1n) is 5.34. The van der Waals surface area contributed by atoms with Gasteiger partial charge in [-0.15, -0.1) is 0 Å². The van der Waals surface area contributed by atoms with Crippen LogP contribution in [0.4, 0.5) is 13.2 Å². The van der Waals surface area contributed by atoms with Gasteiger partial charge in [0, 0.05) is 11.5 Å². The van der Waals surface area contributed by atoms with E-state index in [4.69, 9.17) is 11.1 Å². The van der Waals surface area contributed by atoms with Crippen LogP contribution in [-0.4, -0.2) is 17.8 Å². The summed E-state index contributed by atoms with van der Waals surface area (Å²) in [5.41, 5.74) is 7.03. The summed E-state index contributed by atoms with van der Waals surface area (Å²) in [6, 6.07) is 7.61. The first-order chi connectivity index (χ1) is 8.30. The lowest BCUT2D eigenvalue weighted by atomic mass is 10.1. The average molecular weight is 276 g/mol. The molecule has 0 bridgehead atoms. The predicted molar refractivity (Wildman–Crippen MR) is 68.8 cm³/mol. The van der Waals surface area contributed by atoms with E-state index in [1.54, 1.807) is 0 Å². The average Bonchev–Trinajstić information content (AvgIpc) is 2.22. The number of benzene rings is 1. The number of halogens is 3. The number of nitrogens with one attached hydrogen (secondary N) is 1. The molecule has 0 aliphatic heterocycles. The fourth-order valence-electron chi connectivity index (χ4n) is 1.46. The Morgan fingerprint density at radius 3 is 2.61 bits per heavy atom. The maximum Gasteiger partial charge on any atom is 0.399 e. The predicted octanol–water partition coefficient (Wildman–Crippen LogP) is 3.34. The molecule has 1 rings (SSSR count). The number of rotatable bonds is 5. The molecule has 2 nitrogen and oxygen atoms in total. The third-order valence-corrected chi connectivity index (χ3v) is 3.51. The Balaban J connectivity index is 2.52. The van der Waals surface area contributed by atoms with E-state index in [9.17, 15) is 13.2 Å². The second-order valence-corrected chi connectivity index (χ2v) is 5.08. The number of hydrogen-bond donors (Lipinski definition) is 2. The number of aryl methyl sites for hydroxylation is 1. The van der Waals surface area contributed by atoms with Crippen molar-refractivity contribution >= 4 is 17.6 Å². The van der Waals surface area contributed by atoms with Crippen molar-refractivity contribution in [3.8, 4) is 0 Å². The summed E-state index contributed by atoms with van der Waals surface area (Å²) in [6.07, 6.45) is -4.44. The highest BCUT2D eigenvalue weighted by atomic mass is 32.2. The van der Waals surface area contributed by atoms with Crippen LogP contribution in [0.15, 0.2) is 24.3 Å². The smallest absolute Gasteiger partial charge is 0.387 e. The van der Waals surface area contributed by atoms with E-state index in [0.717, 1.165) is 22.9 Å². The lowest BCUT2D eigenvalue weighted by molar-refractivity contribution is -0.150. The lowest BCUT2D eigenvalue weighted by Gasteiger charge is -2.18. The largest absolute Gasteiger partial charge is 0.399 e. The molecule has 100 valence electrons. The minimum atomic E-state index is -4.44. The quantitative estimate of drug-likeness (QED) is 0.640. The van der Waals surface area contributed by atoms with Gasteiger partial charge in [-0.25, -0.2) is 0 Å². The van der Waals surface area contributed by atoms with Gasteiger partial charge in [0.05, 0.1) is 0 Å².